The Balaban J connectivity index is 3.03. The van der Waals surface area contributed by atoms with E-state index in [-0.39, 0.29) is 11.8 Å². The van der Waals surface area contributed by atoms with Crippen LogP contribution in [0.5, 0.6) is 0 Å². The van der Waals surface area contributed by atoms with Crippen LogP contribution in [0.2, 0.25) is 0 Å². The summed E-state index contributed by atoms with van der Waals surface area (Å²) in [6.07, 6.45) is 0.470. The molecule has 0 aliphatic heterocycles. The first-order chi connectivity index (χ1) is 8.97. The van der Waals surface area contributed by atoms with Crippen LogP contribution in [0.25, 0.3) is 0 Å². The van der Waals surface area contributed by atoms with Crippen LogP contribution in [0.1, 0.15) is 38.7 Å². The number of carbonyl (C=O) groups is 1. The zero-order chi connectivity index (χ0) is 14.5. The SMILES string of the molecule is COC(=O)[C@@](C#N)(C[C@@H](C)c1ccccc1)C(C)C. The third kappa shape index (κ3) is 3.14. The maximum atomic E-state index is 12.0. The van der Waals surface area contributed by atoms with Crippen molar-refractivity contribution in [2.75, 3.05) is 7.11 Å². The molecular weight excluding hydrogens is 238 g/mol. The highest BCUT2D eigenvalue weighted by Crippen LogP contribution is 2.38. The molecule has 1 aromatic carbocycles. The lowest BCUT2D eigenvalue weighted by atomic mass is 9.71. The lowest BCUT2D eigenvalue weighted by molar-refractivity contribution is -0.152. The summed E-state index contributed by atoms with van der Waals surface area (Å²) in [5.41, 5.74) is 0.0518. The number of nitriles is 1. The van der Waals surface area contributed by atoms with Crippen LogP contribution >= 0.6 is 0 Å². The molecule has 1 rings (SSSR count). The topological polar surface area (TPSA) is 50.1 Å². The van der Waals surface area contributed by atoms with Gasteiger partial charge in [-0.1, -0.05) is 51.1 Å². The summed E-state index contributed by atoms with van der Waals surface area (Å²) in [5, 5.41) is 9.49. The molecule has 0 amide bonds. The Kier molecular flexibility index (Phi) is 5.11. The number of hydrogen-bond donors (Lipinski definition) is 0. The van der Waals surface area contributed by atoms with Crippen LogP contribution in [0.15, 0.2) is 30.3 Å². The van der Waals surface area contributed by atoms with Crippen molar-refractivity contribution in [1.82, 2.24) is 0 Å². The summed E-state index contributed by atoms with van der Waals surface area (Å²) in [6.45, 7) is 5.81. The van der Waals surface area contributed by atoms with E-state index in [9.17, 15) is 10.1 Å². The Labute approximate surface area is 115 Å². The van der Waals surface area contributed by atoms with E-state index >= 15 is 0 Å². The van der Waals surface area contributed by atoms with Gasteiger partial charge in [0.1, 0.15) is 0 Å². The second-order valence-corrected chi connectivity index (χ2v) is 5.25. The molecule has 0 aliphatic carbocycles. The smallest absolute Gasteiger partial charge is 0.326 e. The minimum absolute atomic E-state index is 0.0869. The van der Waals surface area contributed by atoms with E-state index in [4.69, 9.17) is 4.74 Å². The summed E-state index contributed by atoms with van der Waals surface area (Å²) in [5.74, 6) is -0.397. The molecule has 1 aromatic rings. The fourth-order valence-electron chi connectivity index (χ4n) is 2.34. The Morgan fingerprint density at radius 3 is 2.32 bits per heavy atom. The predicted molar refractivity (Wildman–Crippen MR) is 74.4 cm³/mol. The Morgan fingerprint density at radius 2 is 1.89 bits per heavy atom. The average Bonchev–Trinajstić information content (AvgIpc) is 2.44. The summed E-state index contributed by atoms with van der Waals surface area (Å²) in [4.78, 5) is 12.0. The maximum absolute atomic E-state index is 12.0. The van der Waals surface area contributed by atoms with Gasteiger partial charge in [-0.3, -0.25) is 4.79 Å². The van der Waals surface area contributed by atoms with Gasteiger partial charge in [-0.25, -0.2) is 0 Å². The predicted octanol–water partition coefficient (Wildman–Crippen LogP) is 3.52. The summed E-state index contributed by atoms with van der Waals surface area (Å²) in [7, 11) is 1.34. The highest BCUT2D eigenvalue weighted by Gasteiger charge is 2.44. The van der Waals surface area contributed by atoms with Gasteiger partial charge in [-0.2, -0.15) is 5.26 Å². The van der Waals surface area contributed by atoms with E-state index in [0.717, 1.165) is 5.56 Å². The molecule has 3 nitrogen and oxygen atoms in total. The summed E-state index contributed by atoms with van der Waals surface area (Å²) in [6, 6.07) is 12.1. The highest BCUT2D eigenvalue weighted by atomic mass is 16.5. The summed E-state index contributed by atoms with van der Waals surface area (Å²) < 4.78 is 4.84. The average molecular weight is 259 g/mol. The van der Waals surface area contributed by atoms with Crippen molar-refractivity contribution in [2.24, 2.45) is 11.3 Å². The fourth-order valence-corrected chi connectivity index (χ4v) is 2.34. The van der Waals surface area contributed by atoms with Gasteiger partial charge >= 0.3 is 5.97 Å². The molecular formula is C16H21NO2. The van der Waals surface area contributed by atoms with Gasteiger partial charge < -0.3 is 4.74 Å². The van der Waals surface area contributed by atoms with Gasteiger partial charge in [-0.05, 0) is 23.8 Å². The largest absolute Gasteiger partial charge is 0.468 e. The lowest BCUT2D eigenvalue weighted by Crippen LogP contribution is -2.37. The van der Waals surface area contributed by atoms with Crippen molar-refractivity contribution < 1.29 is 9.53 Å². The van der Waals surface area contributed by atoms with Crippen molar-refractivity contribution >= 4 is 5.97 Å². The zero-order valence-electron chi connectivity index (χ0n) is 12.0. The number of ether oxygens (including phenoxy) is 1. The fraction of sp³-hybridized carbons (Fsp3) is 0.500. The number of benzene rings is 1. The van der Waals surface area contributed by atoms with Crippen molar-refractivity contribution in [2.45, 2.75) is 33.1 Å². The molecule has 0 bridgehead atoms. The van der Waals surface area contributed by atoms with E-state index in [1.54, 1.807) is 0 Å². The van der Waals surface area contributed by atoms with Gasteiger partial charge in [0, 0.05) is 0 Å². The van der Waals surface area contributed by atoms with E-state index in [0.29, 0.717) is 6.42 Å². The van der Waals surface area contributed by atoms with Crippen LogP contribution in [0.3, 0.4) is 0 Å². The standard InChI is InChI=1S/C16H21NO2/c1-12(2)16(11-17,15(18)19-4)10-13(3)14-8-6-5-7-9-14/h5-9,12-13H,10H2,1-4H3/t13-,16-/m1/s1. The van der Waals surface area contributed by atoms with Crippen molar-refractivity contribution in [3.8, 4) is 6.07 Å². The molecule has 0 heterocycles. The van der Waals surface area contributed by atoms with Crippen LogP contribution in [0.4, 0.5) is 0 Å². The molecule has 0 N–H and O–H groups in total. The van der Waals surface area contributed by atoms with Crippen LogP contribution in [-0.2, 0) is 9.53 Å². The second-order valence-electron chi connectivity index (χ2n) is 5.25. The molecule has 19 heavy (non-hydrogen) atoms. The lowest BCUT2D eigenvalue weighted by Gasteiger charge is -2.30. The molecule has 0 spiro atoms. The van der Waals surface area contributed by atoms with Crippen molar-refractivity contribution in [1.29, 1.82) is 5.26 Å². The quantitative estimate of drug-likeness (QED) is 0.760. The molecule has 0 aliphatic rings. The van der Waals surface area contributed by atoms with Crippen molar-refractivity contribution in [3.05, 3.63) is 35.9 Å². The van der Waals surface area contributed by atoms with Crippen LogP contribution in [-0.4, -0.2) is 13.1 Å². The summed E-state index contributed by atoms with van der Waals surface area (Å²) >= 11 is 0. The maximum Gasteiger partial charge on any atom is 0.326 e. The Hall–Kier alpha value is -1.82. The molecule has 102 valence electrons. The molecule has 2 atom stereocenters. The number of nitrogens with zero attached hydrogens (tertiary/aromatic N) is 1. The van der Waals surface area contributed by atoms with Crippen LogP contribution < -0.4 is 0 Å². The third-order valence-corrected chi connectivity index (χ3v) is 3.73. The zero-order valence-corrected chi connectivity index (χ0v) is 12.0. The van der Waals surface area contributed by atoms with Gasteiger partial charge in [0.15, 0.2) is 5.41 Å². The molecule has 3 heteroatoms. The Morgan fingerprint density at radius 1 is 1.32 bits per heavy atom. The normalized spacial score (nSPS) is 15.4. The molecule has 0 aromatic heterocycles. The first-order valence-corrected chi connectivity index (χ1v) is 6.52. The molecule has 0 saturated carbocycles. The van der Waals surface area contributed by atoms with Crippen molar-refractivity contribution in [3.63, 3.8) is 0 Å². The van der Waals surface area contributed by atoms with Gasteiger partial charge in [-0.15, -0.1) is 0 Å². The highest BCUT2D eigenvalue weighted by molar-refractivity contribution is 5.80. The van der Waals surface area contributed by atoms with E-state index in [1.165, 1.54) is 7.11 Å². The first-order valence-electron chi connectivity index (χ1n) is 6.52. The Bertz CT molecular complexity index is 461. The van der Waals surface area contributed by atoms with Crippen LogP contribution in [0, 0.1) is 22.7 Å². The molecule has 0 fully saturated rings. The number of esters is 1. The monoisotopic (exact) mass is 259 g/mol. The minimum Gasteiger partial charge on any atom is -0.468 e. The first kappa shape index (κ1) is 15.2. The number of carbonyl (C=O) groups excluding carboxylic acids is 1. The van der Waals surface area contributed by atoms with Gasteiger partial charge in [0.05, 0.1) is 13.2 Å². The van der Waals surface area contributed by atoms with E-state index in [2.05, 4.69) is 6.07 Å². The third-order valence-electron chi connectivity index (χ3n) is 3.73. The van der Waals surface area contributed by atoms with E-state index in [1.807, 2.05) is 51.1 Å². The number of hydrogen-bond acceptors (Lipinski definition) is 3. The second kappa shape index (κ2) is 6.38. The minimum atomic E-state index is -1.08. The molecule has 0 unspecified atom stereocenters. The molecule has 0 radical (unpaired) electrons. The number of rotatable bonds is 5. The van der Waals surface area contributed by atoms with Gasteiger partial charge in [0.2, 0.25) is 0 Å². The molecule has 0 saturated heterocycles. The van der Waals surface area contributed by atoms with Gasteiger partial charge in [0.25, 0.3) is 0 Å². The van der Waals surface area contributed by atoms with E-state index < -0.39 is 11.4 Å². The number of methoxy groups -OCH3 is 1.